The van der Waals surface area contributed by atoms with Gasteiger partial charge in [-0.2, -0.15) is 0 Å². The van der Waals surface area contributed by atoms with Gasteiger partial charge >= 0.3 is 6.09 Å². The first-order valence-corrected chi connectivity index (χ1v) is 32.8. The highest BCUT2D eigenvalue weighted by Gasteiger charge is 2.46. The highest BCUT2D eigenvalue weighted by molar-refractivity contribution is 6.13. The Labute approximate surface area is 558 Å². The van der Waals surface area contributed by atoms with E-state index in [2.05, 4.69) is 28.8 Å². The van der Waals surface area contributed by atoms with Crippen LogP contribution in [0.5, 0.6) is 17.2 Å². The maximum absolute atomic E-state index is 14.3. The van der Waals surface area contributed by atoms with Gasteiger partial charge in [0.2, 0.25) is 11.8 Å². The van der Waals surface area contributed by atoms with E-state index < -0.39 is 54.0 Å². The molecule has 0 radical (unpaired) electrons. The van der Waals surface area contributed by atoms with E-state index in [1.54, 1.807) is 66.6 Å². The molecule has 9 rings (SSSR count). The van der Waals surface area contributed by atoms with Gasteiger partial charge in [0.05, 0.1) is 74.7 Å². The van der Waals surface area contributed by atoms with Crippen molar-refractivity contribution < 1.29 is 76.7 Å². The van der Waals surface area contributed by atoms with Gasteiger partial charge in [-0.3, -0.25) is 48.2 Å². The number of aliphatic hydroxyl groups excluding tert-OH is 1. The minimum Gasteiger partial charge on any atom is -0.493 e. The van der Waals surface area contributed by atoms with Crippen molar-refractivity contribution in [2.45, 2.75) is 128 Å². The van der Waals surface area contributed by atoms with E-state index in [1.807, 2.05) is 30.3 Å². The number of carbonyl (C=O) groups excluding carboxylic acids is 9. The van der Waals surface area contributed by atoms with Crippen LogP contribution >= 0.6 is 0 Å². The SMILES string of the molecule is C=C1C[C@H]2C=Nc3cc(OCCCCCOc4cc5c(cc4C)C(=O)N4CC(=C)C[C@H]4[C@H](O)N5C(=O)OCc4ccc(NC(=O)[C@H](CCCCN)NC(=O)[C@@H](CC(=O)CCOCCOCCCC(=O)CCN5C(=O)C=CC5=O)Cc5ccccc5)cc4)c(OC)cc3C(=O)N2C1. The van der Waals surface area contributed by atoms with Crippen LogP contribution < -0.4 is 35.5 Å². The minimum atomic E-state index is -1.51. The summed E-state index contributed by atoms with van der Waals surface area (Å²) in [6.07, 6.45) is 7.03. The molecule has 2 saturated heterocycles. The molecule has 0 saturated carbocycles. The molecule has 5 N–H and O–H groups in total. The van der Waals surface area contributed by atoms with Gasteiger partial charge in [-0.25, -0.2) is 9.69 Å². The molecule has 24 nitrogen and oxygen atoms in total. The maximum Gasteiger partial charge on any atom is 0.416 e. The normalized spacial score (nSPS) is 17.7. The zero-order valence-electron chi connectivity index (χ0n) is 54.6. The number of hydrogen-bond donors (Lipinski definition) is 4. The molecule has 96 heavy (non-hydrogen) atoms. The average molecular weight is 1320 g/mol. The monoisotopic (exact) mass is 1320 g/mol. The van der Waals surface area contributed by atoms with E-state index >= 15 is 0 Å². The molecule has 510 valence electrons. The molecule has 4 aromatic rings. The van der Waals surface area contributed by atoms with Crippen LogP contribution in [0.1, 0.15) is 121 Å². The van der Waals surface area contributed by atoms with Crippen LogP contribution in [-0.4, -0.2) is 176 Å². The third kappa shape index (κ3) is 18.8. The van der Waals surface area contributed by atoms with Crippen LogP contribution in [-0.2, 0) is 56.0 Å². The number of hydrogen-bond acceptors (Lipinski definition) is 18. The Balaban J connectivity index is 0.752. The van der Waals surface area contributed by atoms with Gasteiger partial charge in [0.15, 0.2) is 17.7 Å². The number of Topliss-reactive ketones (excluding diaryl/α,β-unsaturated/α-hetero) is 2. The van der Waals surface area contributed by atoms with Crippen LogP contribution in [0.3, 0.4) is 0 Å². The van der Waals surface area contributed by atoms with Gasteiger partial charge in [-0.1, -0.05) is 66.8 Å². The van der Waals surface area contributed by atoms with Crippen molar-refractivity contribution in [3.8, 4) is 17.2 Å². The number of ketones is 2. The third-order valence-electron chi connectivity index (χ3n) is 17.4. The Bertz CT molecular complexity index is 3570. The summed E-state index contributed by atoms with van der Waals surface area (Å²) in [6.45, 7) is 12.3. The first-order valence-electron chi connectivity index (χ1n) is 32.8. The molecule has 0 bridgehead atoms. The maximum atomic E-state index is 14.3. The number of anilines is 2. The number of nitrogens with two attached hydrogens (primary N) is 1. The fourth-order valence-corrected chi connectivity index (χ4v) is 12.2. The highest BCUT2D eigenvalue weighted by atomic mass is 16.6. The van der Waals surface area contributed by atoms with Gasteiger partial charge in [-0.15, -0.1) is 0 Å². The zero-order valence-corrected chi connectivity index (χ0v) is 54.6. The lowest BCUT2D eigenvalue weighted by atomic mass is 9.92. The molecular weight excluding hydrogens is 1230 g/mol. The van der Waals surface area contributed by atoms with Gasteiger partial charge in [0.1, 0.15) is 30.0 Å². The summed E-state index contributed by atoms with van der Waals surface area (Å²) in [5.74, 6) is -2.09. The fraction of sp³-hybridized carbons (Fsp3) is 0.444. The number of aryl methyl sites for hydroxylation is 1. The smallest absolute Gasteiger partial charge is 0.416 e. The second-order valence-electron chi connectivity index (χ2n) is 24.6. The molecule has 2 fully saturated rings. The third-order valence-corrected chi connectivity index (χ3v) is 17.4. The molecule has 7 amide bonds. The Morgan fingerprint density at radius 2 is 1.40 bits per heavy atom. The Morgan fingerprint density at radius 1 is 0.698 bits per heavy atom. The molecule has 5 aliphatic rings. The minimum absolute atomic E-state index is 0.0404. The number of nitrogens with one attached hydrogen (secondary N) is 2. The quantitative estimate of drug-likeness (QED) is 0.0192. The number of methoxy groups -OCH3 is 1. The number of amides is 7. The molecule has 5 atom stereocenters. The van der Waals surface area contributed by atoms with E-state index in [1.165, 1.54) is 24.2 Å². The number of benzene rings is 4. The zero-order chi connectivity index (χ0) is 68.3. The summed E-state index contributed by atoms with van der Waals surface area (Å²) in [4.78, 5) is 129. The van der Waals surface area contributed by atoms with E-state index in [0.29, 0.717) is 117 Å². The van der Waals surface area contributed by atoms with Crippen LogP contribution in [0, 0.1) is 12.8 Å². The van der Waals surface area contributed by atoms with Crippen LogP contribution in [0.25, 0.3) is 0 Å². The van der Waals surface area contributed by atoms with Crippen molar-refractivity contribution in [2.75, 3.05) is 83.1 Å². The van der Waals surface area contributed by atoms with Crippen LogP contribution in [0.15, 0.2) is 120 Å². The summed E-state index contributed by atoms with van der Waals surface area (Å²) in [5, 5.41) is 17.8. The fourth-order valence-electron chi connectivity index (χ4n) is 12.2. The Kier molecular flexibility index (Phi) is 25.4. The van der Waals surface area contributed by atoms with Crippen molar-refractivity contribution in [1.82, 2.24) is 20.0 Å². The second kappa shape index (κ2) is 34.4. The number of unbranched alkanes of at least 4 members (excludes halogenated alkanes) is 3. The van der Waals surface area contributed by atoms with E-state index in [9.17, 15) is 48.3 Å². The summed E-state index contributed by atoms with van der Waals surface area (Å²) in [6, 6.07) is 20.6. The van der Waals surface area contributed by atoms with Crippen molar-refractivity contribution in [3.63, 3.8) is 0 Å². The topological polar surface area (TPSA) is 305 Å². The lowest BCUT2D eigenvalue weighted by Crippen LogP contribution is -2.50. The van der Waals surface area contributed by atoms with Crippen molar-refractivity contribution in [3.05, 3.63) is 143 Å². The van der Waals surface area contributed by atoms with Gasteiger partial charge in [0.25, 0.3) is 23.6 Å². The molecule has 4 aromatic carbocycles. The van der Waals surface area contributed by atoms with Gasteiger partial charge in [0, 0.05) is 94.0 Å². The van der Waals surface area contributed by atoms with Crippen molar-refractivity contribution in [1.29, 1.82) is 0 Å². The Hall–Kier alpha value is -9.36. The van der Waals surface area contributed by atoms with Crippen molar-refractivity contribution >= 4 is 76.4 Å². The largest absolute Gasteiger partial charge is 0.493 e. The number of aliphatic hydroxyl groups is 1. The first kappa shape index (κ1) is 70.9. The summed E-state index contributed by atoms with van der Waals surface area (Å²) < 4.78 is 35.2. The average Bonchev–Trinajstić information content (AvgIpc) is 1.59. The first-order chi connectivity index (χ1) is 46.4. The number of fused-ring (bicyclic) bond motifs is 4. The molecule has 0 spiro atoms. The number of ether oxygens (including phenoxy) is 6. The number of aliphatic imine (C=N–C) groups is 1. The Morgan fingerprint density at radius 3 is 2.12 bits per heavy atom. The van der Waals surface area contributed by atoms with E-state index in [0.717, 1.165) is 32.9 Å². The molecule has 5 heterocycles. The molecule has 0 aliphatic carbocycles. The standard InChI is InChI=1S/C72H86N8O16/c1-46-34-53-42-74-59-40-64(63(91-4)39-56(59)69(87)78(53)43-46)95-30-12-6-11-29-94-62-41-60-57(36-48(62)3)70(88)79-44-47(2)35-61(79)71(89)80(60)72(90)96-45-50-18-20-52(21-19-50)75-68(86)58(17-9-10-26-73)76-67(85)51(37-49-14-7-5-8-15-49)38-55(82)25-31-93-33-32-92-28-13-16-54(81)24-27-77-65(83)22-23-66(77)84/h5,7-8,14-15,18-23,36,39-42,51,53,58,61,71,89H,1-2,6,9-13,16-17,24-35,37-38,43-45,73H2,3-4H3,(H,75,86)(H,76,85)/t51-,53+,58+,61+,71+/m1/s1. The van der Waals surface area contributed by atoms with Gasteiger partial charge in [-0.05, 0) is 119 Å². The van der Waals surface area contributed by atoms with Crippen LogP contribution in [0.4, 0.5) is 21.9 Å². The lowest BCUT2D eigenvalue weighted by Gasteiger charge is -2.31. The molecule has 0 unspecified atom stereocenters. The number of carbonyl (C=O) groups is 9. The second-order valence-corrected chi connectivity index (χ2v) is 24.6. The number of nitrogens with zero attached hydrogens (tertiary/aromatic N) is 5. The van der Waals surface area contributed by atoms with Crippen LogP contribution in [0.2, 0.25) is 0 Å². The predicted molar refractivity (Wildman–Crippen MR) is 357 cm³/mol. The molecule has 24 heteroatoms. The molecule has 5 aliphatic heterocycles. The van der Waals surface area contributed by atoms with E-state index in [4.69, 9.17) is 34.2 Å². The summed E-state index contributed by atoms with van der Waals surface area (Å²) >= 11 is 0. The summed E-state index contributed by atoms with van der Waals surface area (Å²) in [7, 11) is 1.53. The molecular formula is C72H86N8O16. The summed E-state index contributed by atoms with van der Waals surface area (Å²) in [5.41, 5.74) is 11.2. The predicted octanol–water partition coefficient (Wildman–Crippen LogP) is 7.82. The van der Waals surface area contributed by atoms with Gasteiger partial charge < -0.3 is 59.7 Å². The van der Waals surface area contributed by atoms with Crippen molar-refractivity contribution in [2.24, 2.45) is 16.6 Å². The number of imide groups is 1. The van der Waals surface area contributed by atoms with E-state index in [-0.39, 0.29) is 125 Å². The molecule has 0 aromatic heterocycles. The number of rotatable bonds is 36. The lowest BCUT2D eigenvalue weighted by molar-refractivity contribution is -0.137. The highest BCUT2D eigenvalue weighted by Crippen LogP contribution is 2.41.